The molecule has 0 saturated carbocycles. The molecular formula is C4H4ClNO5S2. The molecule has 0 saturated heterocycles. The fourth-order valence-corrected chi connectivity index (χ4v) is 2.51. The molecule has 74 valence electrons. The van der Waals surface area contributed by atoms with Crippen molar-refractivity contribution in [3.63, 3.8) is 0 Å². The molecule has 1 N–H and O–H groups in total. The van der Waals surface area contributed by atoms with E-state index in [2.05, 4.69) is 9.40 Å². The predicted octanol–water partition coefficient (Wildman–Crippen LogP) is 0.491. The van der Waals surface area contributed by atoms with Crippen molar-refractivity contribution >= 4 is 30.8 Å². The maximum atomic E-state index is 10.8. The van der Waals surface area contributed by atoms with Crippen LogP contribution in [0.15, 0.2) is 14.5 Å². The molecule has 6 nitrogen and oxygen atoms in total. The standard InChI is InChI=1S/C4H4ClNO5S2/c1-2-6-3(13(5,9)10)4(11-2)12(7)8/h1H3,(H,7,8). The van der Waals surface area contributed by atoms with Gasteiger partial charge in [-0.2, -0.15) is 4.98 Å². The summed E-state index contributed by atoms with van der Waals surface area (Å²) in [5.74, 6) is -0.0448. The van der Waals surface area contributed by atoms with Crippen molar-refractivity contribution in [1.29, 1.82) is 0 Å². The van der Waals surface area contributed by atoms with E-state index in [9.17, 15) is 12.6 Å². The second-order valence-electron chi connectivity index (χ2n) is 2.01. The van der Waals surface area contributed by atoms with Gasteiger partial charge in [-0.15, -0.1) is 0 Å². The minimum Gasteiger partial charge on any atom is -0.428 e. The Hall–Kier alpha value is -0.440. The predicted molar refractivity (Wildman–Crippen MR) is 43.3 cm³/mol. The molecule has 0 aromatic carbocycles. The number of nitrogens with zero attached hydrogens (tertiary/aromatic N) is 1. The van der Waals surface area contributed by atoms with Crippen LogP contribution in [0.4, 0.5) is 0 Å². The molecule has 9 heteroatoms. The van der Waals surface area contributed by atoms with Gasteiger partial charge < -0.3 is 4.42 Å². The summed E-state index contributed by atoms with van der Waals surface area (Å²) in [7, 11) is 0.782. The van der Waals surface area contributed by atoms with Crippen LogP contribution in [0.3, 0.4) is 0 Å². The highest BCUT2D eigenvalue weighted by Gasteiger charge is 2.26. The van der Waals surface area contributed by atoms with E-state index in [0.29, 0.717) is 0 Å². The SMILES string of the molecule is Cc1nc(S(=O)(=O)Cl)c(S(=O)O)o1. The van der Waals surface area contributed by atoms with Gasteiger partial charge in [0.2, 0.25) is 16.1 Å². The molecule has 1 rings (SSSR count). The Bertz CT molecular complexity index is 449. The molecule has 0 aliphatic rings. The zero-order valence-corrected chi connectivity index (χ0v) is 8.61. The van der Waals surface area contributed by atoms with Gasteiger partial charge in [-0.1, -0.05) is 0 Å². The van der Waals surface area contributed by atoms with Crippen LogP contribution < -0.4 is 0 Å². The van der Waals surface area contributed by atoms with Crippen LogP contribution in [0.25, 0.3) is 0 Å². The minimum atomic E-state index is -4.14. The van der Waals surface area contributed by atoms with Gasteiger partial charge in [-0.3, -0.25) is 4.55 Å². The van der Waals surface area contributed by atoms with E-state index in [1.165, 1.54) is 6.92 Å². The highest BCUT2D eigenvalue weighted by atomic mass is 35.7. The Labute approximate surface area is 80.6 Å². The molecule has 0 amide bonds. The van der Waals surface area contributed by atoms with Crippen molar-refractivity contribution in [3.05, 3.63) is 5.89 Å². The third-order valence-electron chi connectivity index (χ3n) is 1.06. The summed E-state index contributed by atoms with van der Waals surface area (Å²) in [5.41, 5.74) is 0. The normalized spacial score (nSPS) is 14.4. The maximum Gasteiger partial charge on any atom is 0.283 e. The second kappa shape index (κ2) is 3.37. The monoisotopic (exact) mass is 245 g/mol. The molecule has 1 heterocycles. The second-order valence-corrected chi connectivity index (χ2v) is 5.36. The Kier molecular flexibility index (Phi) is 2.76. The molecule has 1 aromatic rings. The van der Waals surface area contributed by atoms with Gasteiger partial charge in [0.25, 0.3) is 14.1 Å². The van der Waals surface area contributed by atoms with Crippen LogP contribution in [0.5, 0.6) is 0 Å². The van der Waals surface area contributed by atoms with Crippen LogP contribution in [-0.2, 0) is 20.1 Å². The smallest absolute Gasteiger partial charge is 0.283 e. The first kappa shape index (κ1) is 10.6. The molecule has 0 aliphatic heterocycles. The maximum absolute atomic E-state index is 10.8. The largest absolute Gasteiger partial charge is 0.428 e. The third-order valence-corrected chi connectivity index (χ3v) is 2.96. The number of halogens is 1. The van der Waals surface area contributed by atoms with Crippen molar-refractivity contribution in [2.75, 3.05) is 0 Å². The summed E-state index contributed by atoms with van der Waals surface area (Å²) in [6.45, 7) is 1.34. The summed E-state index contributed by atoms with van der Waals surface area (Å²) < 4.78 is 45.2. The Morgan fingerprint density at radius 1 is 1.62 bits per heavy atom. The van der Waals surface area contributed by atoms with Gasteiger partial charge in [0.05, 0.1) is 0 Å². The summed E-state index contributed by atoms with van der Waals surface area (Å²) in [6, 6.07) is 0. The molecule has 0 radical (unpaired) electrons. The number of aromatic nitrogens is 1. The van der Waals surface area contributed by atoms with Gasteiger partial charge in [0.1, 0.15) is 0 Å². The summed E-state index contributed by atoms with van der Waals surface area (Å²) in [6.07, 6.45) is 0. The Morgan fingerprint density at radius 2 is 2.15 bits per heavy atom. The minimum absolute atomic E-state index is 0.0448. The van der Waals surface area contributed by atoms with Gasteiger partial charge in [0, 0.05) is 17.6 Å². The Balaban J connectivity index is 3.46. The number of rotatable bonds is 2. The van der Waals surface area contributed by atoms with E-state index in [-0.39, 0.29) is 5.89 Å². The van der Waals surface area contributed by atoms with E-state index in [1.807, 2.05) is 0 Å². The molecule has 1 aromatic heterocycles. The number of hydrogen-bond donors (Lipinski definition) is 1. The topological polar surface area (TPSA) is 97.5 Å². The summed E-state index contributed by atoms with van der Waals surface area (Å²) >= 11 is -2.56. The first-order valence-electron chi connectivity index (χ1n) is 2.85. The van der Waals surface area contributed by atoms with Gasteiger partial charge >= 0.3 is 0 Å². The lowest BCUT2D eigenvalue weighted by atomic mass is 10.8. The van der Waals surface area contributed by atoms with Crippen molar-refractivity contribution < 1.29 is 21.6 Å². The molecule has 13 heavy (non-hydrogen) atoms. The molecule has 0 spiro atoms. The lowest BCUT2D eigenvalue weighted by molar-refractivity contribution is 0.408. The van der Waals surface area contributed by atoms with E-state index in [4.69, 9.17) is 15.2 Å². The molecule has 0 fully saturated rings. The van der Waals surface area contributed by atoms with Gasteiger partial charge in [-0.25, -0.2) is 12.6 Å². The first-order chi connectivity index (χ1) is 5.82. The van der Waals surface area contributed by atoms with E-state index < -0.39 is 30.2 Å². The number of oxazole rings is 1. The van der Waals surface area contributed by atoms with Crippen molar-refractivity contribution in [3.8, 4) is 0 Å². The fraction of sp³-hybridized carbons (Fsp3) is 0.250. The van der Waals surface area contributed by atoms with Crippen LogP contribution in [0.2, 0.25) is 0 Å². The third kappa shape index (κ3) is 2.27. The number of hydrogen-bond acceptors (Lipinski definition) is 5. The van der Waals surface area contributed by atoms with Crippen molar-refractivity contribution in [2.45, 2.75) is 17.0 Å². The summed E-state index contributed by atoms with van der Waals surface area (Å²) in [4.78, 5) is 3.36. The van der Waals surface area contributed by atoms with E-state index in [1.54, 1.807) is 0 Å². The summed E-state index contributed by atoms with van der Waals surface area (Å²) in [5, 5.41) is -1.37. The molecule has 0 bridgehead atoms. The molecule has 0 aliphatic carbocycles. The van der Waals surface area contributed by atoms with Crippen LogP contribution in [-0.4, -0.2) is 22.2 Å². The quantitative estimate of drug-likeness (QED) is 0.602. The highest BCUT2D eigenvalue weighted by molar-refractivity contribution is 8.13. The number of aryl methyl sites for hydroxylation is 1. The van der Waals surface area contributed by atoms with Gasteiger partial charge in [-0.05, 0) is 0 Å². The van der Waals surface area contributed by atoms with Crippen LogP contribution in [0, 0.1) is 6.92 Å². The van der Waals surface area contributed by atoms with Crippen LogP contribution in [0.1, 0.15) is 5.89 Å². The van der Waals surface area contributed by atoms with E-state index >= 15 is 0 Å². The lowest BCUT2D eigenvalue weighted by Gasteiger charge is -1.89. The molecule has 1 unspecified atom stereocenters. The molecule has 1 atom stereocenters. The van der Waals surface area contributed by atoms with Gasteiger partial charge in [0.15, 0.2) is 5.89 Å². The Morgan fingerprint density at radius 3 is 2.46 bits per heavy atom. The molecular weight excluding hydrogens is 242 g/mol. The lowest BCUT2D eigenvalue weighted by Crippen LogP contribution is -1.97. The van der Waals surface area contributed by atoms with Crippen molar-refractivity contribution in [1.82, 2.24) is 4.98 Å². The van der Waals surface area contributed by atoms with Crippen molar-refractivity contribution in [2.24, 2.45) is 0 Å². The first-order valence-corrected chi connectivity index (χ1v) is 6.27. The van der Waals surface area contributed by atoms with Crippen LogP contribution >= 0.6 is 10.7 Å². The zero-order chi connectivity index (χ0) is 10.2. The average Bonchev–Trinajstić information content (AvgIpc) is 2.29. The fourth-order valence-electron chi connectivity index (χ4n) is 0.654. The highest BCUT2D eigenvalue weighted by Crippen LogP contribution is 2.22. The zero-order valence-electron chi connectivity index (χ0n) is 6.22. The average molecular weight is 246 g/mol. The van der Waals surface area contributed by atoms with E-state index in [0.717, 1.165) is 0 Å².